The van der Waals surface area contributed by atoms with E-state index in [4.69, 9.17) is 0 Å². The number of hydrogen-bond acceptors (Lipinski definition) is 5. The molecule has 6 nitrogen and oxygen atoms in total. The van der Waals surface area contributed by atoms with E-state index in [0.717, 1.165) is 19.4 Å². The van der Waals surface area contributed by atoms with Crippen molar-refractivity contribution in [1.29, 1.82) is 0 Å². The number of likely N-dealkylation sites (tertiary alicyclic amines) is 1. The Balaban J connectivity index is 2.08. The minimum absolute atomic E-state index is 0.165. The molecular weight excluding hydrogens is 210 g/mol. The van der Waals surface area contributed by atoms with Crippen molar-refractivity contribution in [3.63, 3.8) is 0 Å². The van der Waals surface area contributed by atoms with Crippen LogP contribution in [0.2, 0.25) is 0 Å². The predicted octanol–water partition coefficient (Wildman–Crippen LogP) is 0.755. The van der Waals surface area contributed by atoms with Crippen molar-refractivity contribution in [3.05, 3.63) is 12.2 Å². The number of carbonyl (C=O) groups is 1. The van der Waals surface area contributed by atoms with E-state index >= 15 is 0 Å². The minimum atomic E-state index is -0.768. The Bertz CT molecular complexity index is 352. The van der Waals surface area contributed by atoms with Crippen LogP contribution in [0.3, 0.4) is 0 Å². The van der Waals surface area contributed by atoms with E-state index in [1.165, 1.54) is 6.39 Å². The molecule has 2 unspecified atom stereocenters. The molecule has 1 aromatic heterocycles. The lowest BCUT2D eigenvalue weighted by Gasteiger charge is -2.36. The first-order chi connectivity index (χ1) is 7.68. The zero-order valence-electron chi connectivity index (χ0n) is 9.17. The van der Waals surface area contributed by atoms with Crippen molar-refractivity contribution in [3.8, 4) is 0 Å². The number of carboxylic acids is 1. The van der Waals surface area contributed by atoms with E-state index in [1.54, 1.807) is 0 Å². The van der Waals surface area contributed by atoms with Crippen LogP contribution in [0.15, 0.2) is 10.9 Å². The molecule has 1 fully saturated rings. The molecule has 0 bridgehead atoms. The van der Waals surface area contributed by atoms with Crippen molar-refractivity contribution in [2.75, 3.05) is 6.54 Å². The van der Waals surface area contributed by atoms with Gasteiger partial charge in [-0.1, -0.05) is 12.1 Å². The first-order valence-electron chi connectivity index (χ1n) is 5.40. The third kappa shape index (κ3) is 2.21. The Morgan fingerprint density at radius 2 is 2.56 bits per heavy atom. The van der Waals surface area contributed by atoms with E-state index in [-0.39, 0.29) is 5.92 Å². The Hall–Kier alpha value is -1.43. The van der Waals surface area contributed by atoms with Gasteiger partial charge in [0.2, 0.25) is 6.39 Å². The first kappa shape index (κ1) is 11.1. The number of hydrogen-bond donors (Lipinski definition) is 1. The standard InChI is InChI=1S/C10H15N3O3/c1-7-3-2-4-13(9(7)10(14)15)5-8-11-6-16-12-8/h6-7,9H,2-5H2,1H3,(H,14,15). The molecule has 0 spiro atoms. The summed E-state index contributed by atoms with van der Waals surface area (Å²) in [4.78, 5) is 17.0. The molecule has 0 radical (unpaired) electrons. The normalized spacial score (nSPS) is 26.8. The van der Waals surface area contributed by atoms with Crippen molar-refractivity contribution >= 4 is 5.97 Å². The molecule has 2 atom stereocenters. The van der Waals surface area contributed by atoms with Gasteiger partial charge in [-0.25, -0.2) is 0 Å². The number of nitrogens with zero attached hydrogens (tertiary/aromatic N) is 3. The Kier molecular flexibility index (Phi) is 3.19. The minimum Gasteiger partial charge on any atom is -0.480 e. The van der Waals surface area contributed by atoms with Crippen LogP contribution in [0.5, 0.6) is 0 Å². The third-order valence-electron chi connectivity index (χ3n) is 3.04. The fourth-order valence-corrected chi connectivity index (χ4v) is 2.29. The molecule has 6 heteroatoms. The van der Waals surface area contributed by atoms with E-state index in [0.29, 0.717) is 12.4 Å². The number of aromatic nitrogens is 2. The molecule has 0 saturated carbocycles. The average Bonchev–Trinajstić information content (AvgIpc) is 2.70. The lowest BCUT2D eigenvalue weighted by atomic mass is 9.91. The molecule has 1 aliphatic rings. The van der Waals surface area contributed by atoms with Crippen molar-refractivity contribution in [1.82, 2.24) is 15.0 Å². The molecule has 1 aliphatic heterocycles. The lowest BCUT2D eigenvalue weighted by molar-refractivity contribution is -0.147. The van der Waals surface area contributed by atoms with Gasteiger partial charge in [-0.3, -0.25) is 9.69 Å². The zero-order valence-corrected chi connectivity index (χ0v) is 9.17. The molecule has 2 heterocycles. The number of aliphatic carboxylic acids is 1. The summed E-state index contributed by atoms with van der Waals surface area (Å²) < 4.78 is 4.64. The van der Waals surface area contributed by atoms with Gasteiger partial charge < -0.3 is 9.63 Å². The summed E-state index contributed by atoms with van der Waals surface area (Å²) >= 11 is 0. The Morgan fingerprint density at radius 1 is 1.75 bits per heavy atom. The molecule has 16 heavy (non-hydrogen) atoms. The number of piperidine rings is 1. The van der Waals surface area contributed by atoms with Crippen molar-refractivity contribution < 1.29 is 14.4 Å². The summed E-state index contributed by atoms with van der Waals surface area (Å²) in [7, 11) is 0. The van der Waals surface area contributed by atoms with Crippen LogP contribution in [0, 0.1) is 5.92 Å². The first-order valence-corrected chi connectivity index (χ1v) is 5.40. The largest absolute Gasteiger partial charge is 0.480 e. The molecule has 1 aromatic rings. The summed E-state index contributed by atoms with van der Waals surface area (Å²) in [5, 5.41) is 12.9. The van der Waals surface area contributed by atoms with Crippen molar-refractivity contribution in [2.24, 2.45) is 5.92 Å². The second-order valence-corrected chi connectivity index (χ2v) is 4.22. The van der Waals surface area contributed by atoms with Gasteiger partial charge in [0.1, 0.15) is 6.04 Å². The van der Waals surface area contributed by atoms with E-state index in [2.05, 4.69) is 14.7 Å². The molecular formula is C10H15N3O3. The number of rotatable bonds is 3. The van der Waals surface area contributed by atoms with Gasteiger partial charge in [-0.05, 0) is 25.3 Å². The van der Waals surface area contributed by atoms with Gasteiger partial charge in [-0.2, -0.15) is 4.98 Å². The maximum atomic E-state index is 11.2. The molecule has 88 valence electrons. The second kappa shape index (κ2) is 4.61. The fraction of sp³-hybridized carbons (Fsp3) is 0.700. The molecule has 0 amide bonds. The molecule has 1 saturated heterocycles. The predicted molar refractivity (Wildman–Crippen MR) is 54.5 cm³/mol. The SMILES string of the molecule is CC1CCCN(Cc2ncon2)C1C(=O)O. The quantitative estimate of drug-likeness (QED) is 0.817. The molecule has 1 N–H and O–H groups in total. The van der Waals surface area contributed by atoms with Crippen LogP contribution in [-0.2, 0) is 11.3 Å². The maximum Gasteiger partial charge on any atom is 0.321 e. The molecule has 2 rings (SSSR count). The summed E-state index contributed by atoms with van der Waals surface area (Å²) in [6, 6.07) is -0.438. The van der Waals surface area contributed by atoms with Gasteiger partial charge >= 0.3 is 5.97 Å². The number of carboxylic acid groups (broad SMARTS) is 1. The Morgan fingerprint density at radius 3 is 3.19 bits per heavy atom. The smallest absolute Gasteiger partial charge is 0.321 e. The summed E-state index contributed by atoms with van der Waals surface area (Å²) in [6.45, 7) is 3.19. The van der Waals surface area contributed by atoms with Gasteiger partial charge in [-0.15, -0.1) is 0 Å². The van der Waals surface area contributed by atoms with E-state index in [1.807, 2.05) is 11.8 Å². The van der Waals surface area contributed by atoms with E-state index in [9.17, 15) is 9.90 Å². The van der Waals surface area contributed by atoms with Gasteiger partial charge in [0.05, 0.1) is 6.54 Å². The van der Waals surface area contributed by atoms with Gasteiger partial charge in [0.15, 0.2) is 5.82 Å². The summed E-state index contributed by atoms with van der Waals surface area (Å²) in [5.41, 5.74) is 0. The van der Waals surface area contributed by atoms with Crippen LogP contribution in [0.1, 0.15) is 25.6 Å². The highest BCUT2D eigenvalue weighted by Crippen LogP contribution is 2.24. The lowest BCUT2D eigenvalue weighted by Crippen LogP contribution is -2.48. The van der Waals surface area contributed by atoms with Gasteiger partial charge in [0.25, 0.3) is 0 Å². The van der Waals surface area contributed by atoms with Crippen LogP contribution in [0.25, 0.3) is 0 Å². The molecule has 0 aromatic carbocycles. The van der Waals surface area contributed by atoms with Crippen LogP contribution in [0.4, 0.5) is 0 Å². The highest BCUT2D eigenvalue weighted by atomic mass is 16.5. The average molecular weight is 225 g/mol. The fourth-order valence-electron chi connectivity index (χ4n) is 2.29. The highest BCUT2D eigenvalue weighted by Gasteiger charge is 2.34. The maximum absolute atomic E-state index is 11.2. The van der Waals surface area contributed by atoms with Crippen LogP contribution < -0.4 is 0 Å². The molecule has 0 aliphatic carbocycles. The van der Waals surface area contributed by atoms with Gasteiger partial charge in [0, 0.05) is 0 Å². The van der Waals surface area contributed by atoms with Crippen molar-refractivity contribution in [2.45, 2.75) is 32.4 Å². The third-order valence-corrected chi connectivity index (χ3v) is 3.04. The zero-order chi connectivity index (χ0) is 11.5. The topological polar surface area (TPSA) is 79.5 Å². The highest BCUT2D eigenvalue weighted by molar-refractivity contribution is 5.74. The summed E-state index contributed by atoms with van der Waals surface area (Å²) in [5.74, 6) is -0.0609. The second-order valence-electron chi connectivity index (χ2n) is 4.22. The van der Waals surface area contributed by atoms with Crippen LogP contribution in [-0.4, -0.2) is 38.7 Å². The Labute approximate surface area is 93.2 Å². The van der Waals surface area contributed by atoms with E-state index < -0.39 is 12.0 Å². The van der Waals surface area contributed by atoms with Crippen LogP contribution >= 0.6 is 0 Å². The monoisotopic (exact) mass is 225 g/mol. The summed E-state index contributed by atoms with van der Waals surface area (Å²) in [6.07, 6.45) is 3.24.